The molecule has 106 valence electrons. The molecule has 0 aliphatic carbocycles. The van der Waals surface area contributed by atoms with Crippen molar-refractivity contribution < 1.29 is 12.8 Å². The minimum absolute atomic E-state index is 0.0278. The molecule has 0 amide bonds. The highest BCUT2D eigenvalue weighted by molar-refractivity contribution is 7.91. The molecule has 0 N–H and O–H groups in total. The highest BCUT2D eigenvalue weighted by Crippen LogP contribution is 2.28. The fourth-order valence-electron chi connectivity index (χ4n) is 1.43. The lowest BCUT2D eigenvalue weighted by Gasteiger charge is -2.16. The molecule has 2 aromatic heterocycles. The summed E-state index contributed by atoms with van der Waals surface area (Å²) in [6, 6.07) is 1.50. The molecular formula is C11H10ClFN4O2S. The Bertz CT molecular complexity index is 681. The first kappa shape index (κ1) is 14.7. The lowest BCUT2D eigenvalue weighted by Crippen LogP contribution is -2.25. The summed E-state index contributed by atoms with van der Waals surface area (Å²) in [6.45, 7) is 1.40. The summed E-state index contributed by atoms with van der Waals surface area (Å²) in [4.78, 5) is 14.8. The van der Waals surface area contributed by atoms with Gasteiger partial charge in [0.1, 0.15) is 11.2 Å². The summed E-state index contributed by atoms with van der Waals surface area (Å²) < 4.78 is 37.3. The summed E-state index contributed by atoms with van der Waals surface area (Å²) in [6.07, 6.45) is 4.50. The molecule has 0 radical (unpaired) electrons. The van der Waals surface area contributed by atoms with E-state index in [1.165, 1.54) is 25.4 Å². The third-order valence-corrected chi connectivity index (χ3v) is 5.28. The molecule has 0 aromatic carbocycles. The zero-order valence-electron chi connectivity index (χ0n) is 10.3. The Balaban J connectivity index is 2.31. The van der Waals surface area contributed by atoms with Gasteiger partial charge in [0.15, 0.2) is 5.82 Å². The molecule has 0 saturated heterocycles. The molecular weight excluding hydrogens is 307 g/mol. The van der Waals surface area contributed by atoms with E-state index in [1.54, 1.807) is 0 Å². The molecule has 2 unspecified atom stereocenters. The molecule has 20 heavy (non-hydrogen) atoms. The lowest BCUT2D eigenvalue weighted by atomic mass is 10.3. The highest BCUT2D eigenvalue weighted by Gasteiger charge is 2.34. The molecule has 0 spiro atoms. The van der Waals surface area contributed by atoms with Crippen LogP contribution in [-0.2, 0) is 9.84 Å². The third kappa shape index (κ3) is 2.91. The minimum atomic E-state index is -3.82. The van der Waals surface area contributed by atoms with Gasteiger partial charge in [0.2, 0.25) is 15.0 Å². The fourth-order valence-corrected chi connectivity index (χ4v) is 3.13. The fraction of sp³-hybridized carbons (Fsp3) is 0.273. The van der Waals surface area contributed by atoms with E-state index in [0.717, 1.165) is 12.4 Å². The van der Waals surface area contributed by atoms with Gasteiger partial charge < -0.3 is 0 Å². The molecule has 0 aliphatic heterocycles. The van der Waals surface area contributed by atoms with Crippen LogP contribution in [0.1, 0.15) is 18.1 Å². The van der Waals surface area contributed by atoms with E-state index in [0.29, 0.717) is 0 Å². The van der Waals surface area contributed by atoms with Crippen molar-refractivity contribution in [1.82, 2.24) is 19.9 Å². The molecule has 2 heterocycles. The second kappa shape index (κ2) is 5.76. The maximum absolute atomic E-state index is 12.7. The molecule has 0 bridgehead atoms. The van der Waals surface area contributed by atoms with Crippen molar-refractivity contribution in [3.8, 4) is 0 Å². The summed E-state index contributed by atoms with van der Waals surface area (Å²) in [5.74, 6) is -0.598. The van der Waals surface area contributed by atoms with E-state index >= 15 is 0 Å². The van der Waals surface area contributed by atoms with Crippen molar-refractivity contribution in [2.24, 2.45) is 0 Å². The monoisotopic (exact) mass is 316 g/mol. The van der Waals surface area contributed by atoms with Crippen LogP contribution in [0, 0.1) is 5.82 Å². The first-order valence-corrected chi connectivity index (χ1v) is 7.53. The number of sulfone groups is 1. The van der Waals surface area contributed by atoms with Gasteiger partial charge in [-0.3, -0.25) is 0 Å². The number of rotatable bonds is 4. The first-order chi connectivity index (χ1) is 9.43. The van der Waals surface area contributed by atoms with Crippen LogP contribution in [0.3, 0.4) is 0 Å². The molecule has 6 nitrogen and oxygen atoms in total. The van der Waals surface area contributed by atoms with E-state index in [-0.39, 0.29) is 11.0 Å². The van der Waals surface area contributed by atoms with Crippen LogP contribution in [0.2, 0.25) is 0 Å². The van der Waals surface area contributed by atoms with Crippen molar-refractivity contribution >= 4 is 21.4 Å². The van der Waals surface area contributed by atoms with Gasteiger partial charge in [-0.1, -0.05) is 0 Å². The second-order valence-electron chi connectivity index (χ2n) is 3.94. The van der Waals surface area contributed by atoms with Crippen LogP contribution >= 0.6 is 11.6 Å². The van der Waals surface area contributed by atoms with E-state index < -0.39 is 26.3 Å². The normalized spacial score (nSPS) is 14.8. The van der Waals surface area contributed by atoms with Crippen LogP contribution in [0.15, 0.2) is 36.0 Å². The Morgan fingerprint density at radius 1 is 1.15 bits per heavy atom. The van der Waals surface area contributed by atoms with Crippen LogP contribution in [0.25, 0.3) is 0 Å². The lowest BCUT2D eigenvalue weighted by molar-refractivity contribution is 0.567. The Labute approximate surface area is 120 Å². The summed E-state index contributed by atoms with van der Waals surface area (Å²) >= 11 is 6.06. The van der Waals surface area contributed by atoms with Crippen molar-refractivity contribution in [2.75, 3.05) is 0 Å². The van der Waals surface area contributed by atoms with E-state index in [2.05, 4.69) is 19.9 Å². The first-order valence-electron chi connectivity index (χ1n) is 5.55. The molecule has 0 aliphatic rings. The quantitative estimate of drug-likeness (QED) is 0.628. The number of hydrogen-bond donors (Lipinski definition) is 0. The Morgan fingerprint density at radius 2 is 1.70 bits per heavy atom. The Kier molecular flexibility index (Phi) is 4.24. The average molecular weight is 317 g/mol. The molecule has 2 atom stereocenters. The number of hydrogen-bond acceptors (Lipinski definition) is 6. The number of aromatic nitrogens is 4. The Morgan fingerprint density at radius 3 is 2.25 bits per heavy atom. The molecule has 2 aromatic rings. The van der Waals surface area contributed by atoms with Gasteiger partial charge in [0.25, 0.3) is 0 Å². The number of halogens is 2. The predicted molar refractivity (Wildman–Crippen MR) is 69.3 cm³/mol. The third-order valence-electron chi connectivity index (χ3n) is 2.59. The zero-order chi connectivity index (χ0) is 14.8. The van der Waals surface area contributed by atoms with Gasteiger partial charge in [0.05, 0.1) is 17.6 Å². The molecule has 0 saturated carbocycles. The predicted octanol–water partition coefficient (Wildman–Crippen LogP) is 1.55. The van der Waals surface area contributed by atoms with Crippen molar-refractivity contribution in [3.05, 3.63) is 42.5 Å². The number of alkyl halides is 1. The smallest absolute Gasteiger partial charge is 0.237 e. The largest absolute Gasteiger partial charge is 0.247 e. The SMILES string of the molecule is CC(C(Cl)c1ncc(F)cn1)S(=O)(=O)c1ncccn1. The second-order valence-corrected chi connectivity index (χ2v) is 6.61. The van der Waals surface area contributed by atoms with Gasteiger partial charge in [-0.05, 0) is 13.0 Å². The van der Waals surface area contributed by atoms with Crippen molar-refractivity contribution in [1.29, 1.82) is 0 Å². The van der Waals surface area contributed by atoms with Gasteiger partial charge in [-0.25, -0.2) is 32.7 Å². The minimum Gasteiger partial charge on any atom is -0.237 e. The van der Waals surface area contributed by atoms with Gasteiger partial charge in [-0.2, -0.15) is 0 Å². The van der Waals surface area contributed by atoms with Crippen molar-refractivity contribution in [3.63, 3.8) is 0 Å². The summed E-state index contributed by atoms with van der Waals surface area (Å²) in [7, 11) is -3.82. The summed E-state index contributed by atoms with van der Waals surface area (Å²) in [5, 5.41) is -2.42. The van der Waals surface area contributed by atoms with E-state index in [9.17, 15) is 12.8 Å². The van der Waals surface area contributed by atoms with Crippen molar-refractivity contribution in [2.45, 2.75) is 22.7 Å². The van der Waals surface area contributed by atoms with Crippen LogP contribution < -0.4 is 0 Å². The van der Waals surface area contributed by atoms with Crippen LogP contribution in [0.5, 0.6) is 0 Å². The topological polar surface area (TPSA) is 85.7 Å². The highest BCUT2D eigenvalue weighted by atomic mass is 35.5. The maximum Gasteiger partial charge on any atom is 0.247 e. The standard InChI is InChI=1S/C11H10ClFN4O2S/c1-7(9(12)10-16-5-8(13)6-17-10)20(18,19)11-14-3-2-4-15-11/h2-7,9H,1H3. The van der Waals surface area contributed by atoms with E-state index in [4.69, 9.17) is 11.6 Å². The molecule has 0 fully saturated rings. The molecule has 2 rings (SSSR count). The Hall–Kier alpha value is -1.67. The van der Waals surface area contributed by atoms with Crippen LogP contribution in [-0.4, -0.2) is 33.6 Å². The summed E-state index contributed by atoms with van der Waals surface area (Å²) in [5.41, 5.74) is 0. The molecule has 9 heteroatoms. The van der Waals surface area contributed by atoms with E-state index in [1.807, 2.05) is 0 Å². The maximum atomic E-state index is 12.7. The zero-order valence-corrected chi connectivity index (χ0v) is 11.9. The van der Waals surface area contributed by atoms with Gasteiger partial charge >= 0.3 is 0 Å². The van der Waals surface area contributed by atoms with Gasteiger partial charge in [0, 0.05) is 12.4 Å². The number of nitrogens with zero attached hydrogens (tertiary/aromatic N) is 4. The van der Waals surface area contributed by atoms with Gasteiger partial charge in [-0.15, -0.1) is 11.6 Å². The van der Waals surface area contributed by atoms with Crippen LogP contribution in [0.4, 0.5) is 4.39 Å². The average Bonchev–Trinajstić information content (AvgIpc) is 2.47.